The van der Waals surface area contributed by atoms with E-state index in [1.165, 1.54) is 12.1 Å². The quantitative estimate of drug-likeness (QED) is 0.830. The van der Waals surface area contributed by atoms with Crippen LogP contribution in [-0.4, -0.2) is 14.5 Å². The second-order valence-corrected chi connectivity index (χ2v) is 4.25. The molecule has 0 aliphatic carbocycles. The van der Waals surface area contributed by atoms with Crippen molar-refractivity contribution in [3.8, 4) is 5.69 Å². The monoisotopic (exact) mass is 249 g/mol. The molecule has 0 aliphatic heterocycles. The van der Waals surface area contributed by atoms with Gasteiger partial charge in [0.1, 0.15) is 10.8 Å². The van der Waals surface area contributed by atoms with E-state index in [1.54, 1.807) is 12.4 Å². The average molecular weight is 249 g/mol. The number of imidazole rings is 1. The summed E-state index contributed by atoms with van der Waals surface area (Å²) in [5.41, 5.74) is 8.77. The van der Waals surface area contributed by atoms with Crippen LogP contribution in [0.4, 0.5) is 4.39 Å². The zero-order valence-electron chi connectivity index (χ0n) is 9.57. The van der Waals surface area contributed by atoms with E-state index in [2.05, 4.69) is 4.98 Å². The Labute approximate surface area is 104 Å². The fourth-order valence-electron chi connectivity index (χ4n) is 1.66. The first-order valence-corrected chi connectivity index (χ1v) is 5.52. The molecule has 0 bridgehead atoms. The predicted octanol–water partition coefficient (Wildman–Crippen LogP) is 2.26. The van der Waals surface area contributed by atoms with Crippen molar-refractivity contribution in [3.05, 3.63) is 47.3 Å². The van der Waals surface area contributed by atoms with Gasteiger partial charge < -0.3 is 10.3 Å². The molecule has 88 valence electrons. The summed E-state index contributed by atoms with van der Waals surface area (Å²) < 4.78 is 15.0. The van der Waals surface area contributed by atoms with Gasteiger partial charge in [-0.2, -0.15) is 0 Å². The maximum atomic E-state index is 13.2. The number of nitrogens with zero attached hydrogens (tertiary/aromatic N) is 2. The smallest absolute Gasteiger partial charge is 0.124 e. The van der Waals surface area contributed by atoms with E-state index in [1.807, 2.05) is 18.4 Å². The van der Waals surface area contributed by atoms with Crippen molar-refractivity contribution in [1.82, 2.24) is 9.55 Å². The molecule has 1 heterocycles. The van der Waals surface area contributed by atoms with Crippen LogP contribution in [0.15, 0.2) is 24.5 Å². The van der Waals surface area contributed by atoms with Crippen LogP contribution in [0.25, 0.3) is 5.69 Å². The summed E-state index contributed by atoms with van der Waals surface area (Å²) >= 11 is 4.94. The molecule has 0 aliphatic rings. The normalized spacial score (nSPS) is 10.5. The molecule has 0 saturated carbocycles. The third-order valence-corrected chi connectivity index (χ3v) is 2.96. The zero-order chi connectivity index (χ0) is 12.6. The topological polar surface area (TPSA) is 43.8 Å². The van der Waals surface area contributed by atoms with Gasteiger partial charge in [0.25, 0.3) is 0 Å². The van der Waals surface area contributed by atoms with Gasteiger partial charge in [-0.25, -0.2) is 9.37 Å². The number of hydrogen-bond acceptors (Lipinski definition) is 2. The summed E-state index contributed by atoms with van der Waals surface area (Å²) in [5, 5.41) is 0. The molecule has 1 aromatic heterocycles. The van der Waals surface area contributed by atoms with Crippen molar-refractivity contribution in [1.29, 1.82) is 0 Å². The molecular formula is C12H12FN3S. The fraction of sp³-hybridized carbons (Fsp3) is 0.167. The van der Waals surface area contributed by atoms with Gasteiger partial charge in [0.2, 0.25) is 0 Å². The van der Waals surface area contributed by atoms with Crippen LogP contribution < -0.4 is 5.73 Å². The largest absolute Gasteiger partial charge is 0.389 e. The standard InChI is InChI=1S/C12H12FN3S/c1-7-8(2)16(6-15-7)11-4-3-9(13)5-10(11)12(14)17/h3-6H,1-2H3,(H2,14,17). The molecule has 3 nitrogen and oxygen atoms in total. The number of aromatic nitrogens is 2. The fourth-order valence-corrected chi connectivity index (χ4v) is 1.82. The molecule has 0 amide bonds. The van der Waals surface area contributed by atoms with Crippen molar-refractivity contribution in [2.45, 2.75) is 13.8 Å². The van der Waals surface area contributed by atoms with Crippen LogP contribution in [0.1, 0.15) is 17.0 Å². The average Bonchev–Trinajstić information content (AvgIpc) is 2.60. The second-order valence-electron chi connectivity index (χ2n) is 3.81. The number of nitrogens with two attached hydrogens (primary N) is 1. The van der Waals surface area contributed by atoms with Crippen LogP contribution in [0, 0.1) is 19.7 Å². The maximum absolute atomic E-state index is 13.2. The highest BCUT2D eigenvalue weighted by Crippen LogP contribution is 2.19. The molecule has 0 saturated heterocycles. The molecule has 2 rings (SSSR count). The van der Waals surface area contributed by atoms with E-state index in [4.69, 9.17) is 18.0 Å². The Morgan fingerprint density at radius 3 is 2.65 bits per heavy atom. The van der Waals surface area contributed by atoms with Crippen molar-refractivity contribution < 1.29 is 4.39 Å². The van der Waals surface area contributed by atoms with Crippen molar-refractivity contribution >= 4 is 17.2 Å². The zero-order valence-corrected chi connectivity index (χ0v) is 10.4. The molecule has 0 fully saturated rings. The van der Waals surface area contributed by atoms with Crippen LogP contribution >= 0.6 is 12.2 Å². The number of hydrogen-bond donors (Lipinski definition) is 1. The molecule has 0 radical (unpaired) electrons. The van der Waals surface area contributed by atoms with E-state index in [0.717, 1.165) is 17.1 Å². The number of benzene rings is 1. The lowest BCUT2D eigenvalue weighted by atomic mass is 10.1. The van der Waals surface area contributed by atoms with Gasteiger partial charge >= 0.3 is 0 Å². The van der Waals surface area contributed by atoms with Crippen molar-refractivity contribution in [3.63, 3.8) is 0 Å². The van der Waals surface area contributed by atoms with Crippen molar-refractivity contribution in [2.24, 2.45) is 5.73 Å². The Balaban J connectivity index is 2.67. The third-order valence-electron chi connectivity index (χ3n) is 2.74. The number of rotatable bonds is 2. The minimum absolute atomic E-state index is 0.172. The summed E-state index contributed by atoms with van der Waals surface area (Å²) in [4.78, 5) is 4.37. The van der Waals surface area contributed by atoms with Crippen LogP contribution in [0.2, 0.25) is 0 Å². The van der Waals surface area contributed by atoms with Gasteiger partial charge in [-0.1, -0.05) is 12.2 Å². The molecule has 0 spiro atoms. The van der Waals surface area contributed by atoms with E-state index in [9.17, 15) is 4.39 Å². The van der Waals surface area contributed by atoms with Gasteiger partial charge in [0, 0.05) is 11.3 Å². The summed E-state index contributed by atoms with van der Waals surface area (Å²) in [6.45, 7) is 3.85. The highest BCUT2D eigenvalue weighted by Gasteiger charge is 2.11. The maximum Gasteiger partial charge on any atom is 0.124 e. The predicted molar refractivity (Wildman–Crippen MR) is 68.9 cm³/mol. The summed E-state index contributed by atoms with van der Waals surface area (Å²) in [6.07, 6.45) is 1.68. The van der Waals surface area contributed by atoms with E-state index in [0.29, 0.717) is 5.56 Å². The van der Waals surface area contributed by atoms with Crippen molar-refractivity contribution in [2.75, 3.05) is 0 Å². The number of thiocarbonyl (C=S) groups is 1. The molecule has 5 heteroatoms. The molecule has 2 N–H and O–H groups in total. The molecule has 2 aromatic rings. The summed E-state index contributed by atoms with van der Waals surface area (Å²) in [6, 6.07) is 4.37. The first-order chi connectivity index (χ1) is 8.00. The van der Waals surface area contributed by atoms with E-state index < -0.39 is 0 Å². The molecule has 0 atom stereocenters. The Kier molecular flexibility index (Phi) is 2.93. The van der Waals surface area contributed by atoms with Gasteiger partial charge in [-0.05, 0) is 32.0 Å². The Bertz CT molecular complexity index is 589. The number of aryl methyl sites for hydroxylation is 1. The molecule has 17 heavy (non-hydrogen) atoms. The van der Waals surface area contributed by atoms with Gasteiger partial charge in [0.15, 0.2) is 0 Å². The molecular weight excluding hydrogens is 237 g/mol. The summed E-state index contributed by atoms with van der Waals surface area (Å²) in [5.74, 6) is -0.356. The molecule has 1 aromatic carbocycles. The van der Waals surface area contributed by atoms with Gasteiger partial charge in [0.05, 0.1) is 17.7 Å². The Hall–Kier alpha value is -1.75. The van der Waals surface area contributed by atoms with E-state index >= 15 is 0 Å². The second kappa shape index (κ2) is 4.25. The number of halogens is 1. The Morgan fingerprint density at radius 1 is 1.41 bits per heavy atom. The van der Waals surface area contributed by atoms with Gasteiger partial charge in [-0.3, -0.25) is 0 Å². The SMILES string of the molecule is Cc1ncn(-c2ccc(F)cc2C(N)=S)c1C. The summed E-state index contributed by atoms with van der Waals surface area (Å²) in [7, 11) is 0. The minimum atomic E-state index is -0.356. The van der Waals surface area contributed by atoms with Crippen LogP contribution in [0.3, 0.4) is 0 Å². The highest BCUT2D eigenvalue weighted by atomic mass is 32.1. The third kappa shape index (κ3) is 2.06. The highest BCUT2D eigenvalue weighted by molar-refractivity contribution is 7.80. The lowest BCUT2D eigenvalue weighted by molar-refractivity contribution is 0.627. The first kappa shape index (κ1) is 11.7. The van der Waals surface area contributed by atoms with E-state index in [-0.39, 0.29) is 10.8 Å². The van der Waals surface area contributed by atoms with Crippen LogP contribution in [0.5, 0.6) is 0 Å². The lowest BCUT2D eigenvalue weighted by Gasteiger charge is -2.11. The molecule has 0 unspecified atom stereocenters. The Morgan fingerprint density at radius 2 is 2.12 bits per heavy atom. The van der Waals surface area contributed by atoms with Gasteiger partial charge in [-0.15, -0.1) is 0 Å². The lowest BCUT2D eigenvalue weighted by Crippen LogP contribution is -2.14. The minimum Gasteiger partial charge on any atom is -0.389 e. The first-order valence-electron chi connectivity index (χ1n) is 5.11. The van der Waals surface area contributed by atoms with Crippen LogP contribution in [-0.2, 0) is 0 Å².